The Morgan fingerprint density at radius 2 is 1.91 bits per heavy atom. The maximum Gasteiger partial charge on any atom is 0.274 e. The lowest BCUT2D eigenvalue weighted by molar-refractivity contribution is 0.0601. The third kappa shape index (κ3) is 4.01. The molecule has 0 bridgehead atoms. The zero-order valence-corrected chi connectivity index (χ0v) is 14.1. The quantitative estimate of drug-likeness (QED) is 0.921. The van der Waals surface area contributed by atoms with Crippen LogP contribution in [0.2, 0.25) is 0 Å². The van der Waals surface area contributed by atoms with Gasteiger partial charge in [-0.25, -0.2) is 9.97 Å². The Balaban J connectivity index is 1.62. The van der Waals surface area contributed by atoms with Crippen molar-refractivity contribution in [3.8, 4) is 0 Å². The van der Waals surface area contributed by atoms with Gasteiger partial charge in [-0.05, 0) is 38.5 Å². The van der Waals surface area contributed by atoms with Crippen molar-refractivity contribution in [2.75, 3.05) is 11.9 Å². The Kier molecular flexibility index (Phi) is 5.47. The molecule has 1 N–H and O–H groups in total. The summed E-state index contributed by atoms with van der Waals surface area (Å²) in [6.07, 6.45) is 14.1. The van der Waals surface area contributed by atoms with E-state index < -0.39 is 0 Å². The minimum atomic E-state index is 0.0354. The molecule has 2 heterocycles. The molecule has 1 atom stereocenters. The molecule has 1 aromatic rings. The van der Waals surface area contributed by atoms with Crippen LogP contribution in [0.5, 0.6) is 0 Å². The van der Waals surface area contributed by atoms with E-state index in [1.807, 2.05) is 4.90 Å². The summed E-state index contributed by atoms with van der Waals surface area (Å²) in [6, 6.07) is 0.865. The van der Waals surface area contributed by atoms with Crippen LogP contribution in [0.15, 0.2) is 12.4 Å². The van der Waals surface area contributed by atoms with Crippen LogP contribution in [0, 0.1) is 0 Å². The first-order valence-electron chi connectivity index (χ1n) is 9.17. The molecule has 1 amide bonds. The highest BCUT2D eigenvalue weighted by molar-refractivity contribution is 5.92. The molecule has 5 nitrogen and oxygen atoms in total. The van der Waals surface area contributed by atoms with E-state index in [0.717, 1.165) is 31.6 Å². The fourth-order valence-electron chi connectivity index (χ4n) is 3.81. The molecule has 23 heavy (non-hydrogen) atoms. The Hall–Kier alpha value is -1.65. The van der Waals surface area contributed by atoms with Gasteiger partial charge in [0.25, 0.3) is 5.91 Å². The zero-order valence-electron chi connectivity index (χ0n) is 14.1. The van der Waals surface area contributed by atoms with Crippen LogP contribution in [0.25, 0.3) is 0 Å². The minimum absolute atomic E-state index is 0.0354. The van der Waals surface area contributed by atoms with Crippen molar-refractivity contribution in [2.24, 2.45) is 0 Å². The first-order valence-corrected chi connectivity index (χ1v) is 9.17. The number of likely N-dealkylation sites (tertiary alicyclic amines) is 1. The second-order valence-electron chi connectivity index (χ2n) is 6.82. The molecule has 0 spiro atoms. The zero-order chi connectivity index (χ0) is 16.1. The standard InChI is InChI=1S/C18H28N4O/c1-2-15-10-6-7-11-22(15)18(23)16-12-20-17(13-19-16)21-14-8-4-3-5-9-14/h12-15H,2-11H2,1H3,(H,20,21). The van der Waals surface area contributed by atoms with E-state index in [-0.39, 0.29) is 5.91 Å². The second kappa shape index (κ2) is 7.75. The number of anilines is 1. The smallest absolute Gasteiger partial charge is 0.274 e. The van der Waals surface area contributed by atoms with E-state index in [4.69, 9.17) is 0 Å². The summed E-state index contributed by atoms with van der Waals surface area (Å²) in [4.78, 5) is 23.5. The van der Waals surface area contributed by atoms with Crippen molar-refractivity contribution in [1.29, 1.82) is 0 Å². The van der Waals surface area contributed by atoms with Gasteiger partial charge in [0.15, 0.2) is 0 Å². The van der Waals surface area contributed by atoms with Gasteiger partial charge < -0.3 is 10.2 Å². The topological polar surface area (TPSA) is 58.1 Å². The minimum Gasteiger partial charge on any atom is -0.366 e. The number of nitrogens with zero attached hydrogens (tertiary/aromatic N) is 3. The summed E-state index contributed by atoms with van der Waals surface area (Å²) in [6.45, 7) is 3.00. The van der Waals surface area contributed by atoms with Crippen molar-refractivity contribution in [1.82, 2.24) is 14.9 Å². The highest BCUT2D eigenvalue weighted by Crippen LogP contribution is 2.22. The van der Waals surface area contributed by atoms with Crippen molar-refractivity contribution >= 4 is 11.7 Å². The van der Waals surface area contributed by atoms with E-state index in [2.05, 4.69) is 22.2 Å². The maximum absolute atomic E-state index is 12.7. The monoisotopic (exact) mass is 316 g/mol. The first-order chi connectivity index (χ1) is 11.3. The van der Waals surface area contributed by atoms with Crippen LogP contribution < -0.4 is 5.32 Å². The fraction of sp³-hybridized carbons (Fsp3) is 0.722. The van der Waals surface area contributed by atoms with Crippen LogP contribution in [0.3, 0.4) is 0 Å². The summed E-state index contributed by atoms with van der Waals surface area (Å²) in [5.74, 6) is 0.826. The highest BCUT2D eigenvalue weighted by Gasteiger charge is 2.27. The van der Waals surface area contributed by atoms with Gasteiger partial charge in [0.2, 0.25) is 0 Å². The Morgan fingerprint density at radius 1 is 1.13 bits per heavy atom. The van der Waals surface area contributed by atoms with Crippen LogP contribution in [0.4, 0.5) is 5.82 Å². The molecule has 1 aliphatic heterocycles. The maximum atomic E-state index is 12.7. The van der Waals surface area contributed by atoms with Gasteiger partial charge >= 0.3 is 0 Å². The summed E-state index contributed by atoms with van der Waals surface area (Å²) in [5, 5.41) is 3.45. The van der Waals surface area contributed by atoms with Crippen molar-refractivity contribution in [3.63, 3.8) is 0 Å². The van der Waals surface area contributed by atoms with E-state index in [1.54, 1.807) is 12.4 Å². The second-order valence-corrected chi connectivity index (χ2v) is 6.82. The molecule has 3 rings (SSSR count). The van der Waals surface area contributed by atoms with Crippen molar-refractivity contribution in [3.05, 3.63) is 18.1 Å². The van der Waals surface area contributed by atoms with Crippen molar-refractivity contribution in [2.45, 2.75) is 76.8 Å². The van der Waals surface area contributed by atoms with Gasteiger partial charge in [0, 0.05) is 18.6 Å². The van der Waals surface area contributed by atoms with Crippen LogP contribution >= 0.6 is 0 Å². The molecule has 2 fully saturated rings. The van der Waals surface area contributed by atoms with Crippen LogP contribution in [-0.2, 0) is 0 Å². The summed E-state index contributed by atoms with van der Waals surface area (Å²) in [7, 11) is 0. The molecule has 2 aliphatic rings. The number of aromatic nitrogens is 2. The summed E-state index contributed by atoms with van der Waals surface area (Å²) >= 11 is 0. The molecule has 1 aliphatic carbocycles. The lowest BCUT2D eigenvalue weighted by atomic mass is 9.96. The number of carbonyl (C=O) groups is 1. The van der Waals surface area contributed by atoms with Gasteiger partial charge in [0.1, 0.15) is 11.5 Å². The number of carbonyl (C=O) groups excluding carboxylic acids is 1. The summed E-state index contributed by atoms with van der Waals surface area (Å²) < 4.78 is 0. The van der Waals surface area contributed by atoms with E-state index >= 15 is 0 Å². The number of hydrogen-bond donors (Lipinski definition) is 1. The largest absolute Gasteiger partial charge is 0.366 e. The number of piperidine rings is 1. The number of rotatable bonds is 4. The number of nitrogens with one attached hydrogen (secondary N) is 1. The first kappa shape index (κ1) is 16.2. The highest BCUT2D eigenvalue weighted by atomic mass is 16.2. The Labute approximate surface area is 138 Å². The third-order valence-electron chi connectivity index (χ3n) is 5.19. The van der Waals surface area contributed by atoms with Gasteiger partial charge in [-0.3, -0.25) is 4.79 Å². The van der Waals surface area contributed by atoms with E-state index in [0.29, 0.717) is 17.8 Å². The summed E-state index contributed by atoms with van der Waals surface area (Å²) in [5.41, 5.74) is 0.472. The van der Waals surface area contributed by atoms with E-state index in [9.17, 15) is 4.79 Å². The molecule has 0 radical (unpaired) electrons. The molecule has 1 saturated heterocycles. The van der Waals surface area contributed by atoms with Crippen molar-refractivity contribution < 1.29 is 4.79 Å². The van der Waals surface area contributed by atoms with Crippen LogP contribution in [0.1, 0.15) is 75.2 Å². The van der Waals surface area contributed by atoms with Gasteiger partial charge in [0.05, 0.1) is 12.4 Å². The predicted molar refractivity (Wildman–Crippen MR) is 91.5 cm³/mol. The SMILES string of the molecule is CCC1CCCCN1C(=O)c1cnc(NC2CCCCC2)cn1. The fourth-order valence-corrected chi connectivity index (χ4v) is 3.81. The molecule has 0 aromatic carbocycles. The molecule has 126 valence electrons. The molecule has 1 saturated carbocycles. The molecule has 5 heteroatoms. The third-order valence-corrected chi connectivity index (χ3v) is 5.19. The lowest BCUT2D eigenvalue weighted by Gasteiger charge is -2.35. The van der Waals surface area contributed by atoms with Crippen LogP contribution in [-0.4, -0.2) is 39.4 Å². The molecule has 1 unspecified atom stereocenters. The van der Waals surface area contributed by atoms with Gasteiger partial charge in [-0.1, -0.05) is 26.2 Å². The average Bonchev–Trinajstić information content (AvgIpc) is 2.62. The predicted octanol–water partition coefficient (Wildman–Crippen LogP) is 3.63. The molecular formula is C18H28N4O. The molecular weight excluding hydrogens is 288 g/mol. The van der Waals surface area contributed by atoms with Gasteiger partial charge in [-0.15, -0.1) is 0 Å². The Bertz CT molecular complexity index is 510. The van der Waals surface area contributed by atoms with Gasteiger partial charge in [-0.2, -0.15) is 0 Å². The average molecular weight is 316 g/mol. The lowest BCUT2D eigenvalue weighted by Crippen LogP contribution is -2.43. The number of hydrogen-bond acceptors (Lipinski definition) is 4. The molecule has 1 aromatic heterocycles. The van der Waals surface area contributed by atoms with E-state index in [1.165, 1.54) is 38.5 Å². The Morgan fingerprint density at radius 3 is 2.61 bits per heavy atom. The number of amides is 1. The normalized spacial score (nSPS) is 22.8.